The minimum atomic E-state index is -4.53. The van der Waals surface area contributed by atoms with Crippen LogP contribution in [0.3, 0.4) is 0 Å². The first-order valence-electron chi connectivity index (χ1n) is 9.59. The fourth-order valence-electron chi connectivity index (χ4n) is 3.77. The van der Waals surface area contributed by atoms with Crippen molar-refractivity contribution in [1.82, 2.24) is 15.2 Å². The molecule has 1 saturated heterocycles. The summed E-state index contributed by atoms with van der Waals surface area (Å²) in [6.07, 6.45) is -1.29. The van der Waals surface area contributed by atoms with Gasteiger partial charge in [-0.05, 0) is 63.0 Å². The lowest BCUT2D eigenvalue weighted by Crippen LogP contribution is -2.39. The maximum atomic E-state index is 13.3. The van der Waals surface area contributed by atoms with E-state index >= 15 is 0 Å². The van der Waals surface area contributed by atoms with Crippen LogP contribution in [0.2, 0.25) is 0 Å². The zero-order valence-corrected chi connectivity index (χ0v) is 16.3. The number of hydrogen-bond donors (Lipinski definition) is 2. The number of amides is 1. The fourth-order valence-corrected chi connectivity index (χ4v) is 3.77. The Kier molecular flexibility index (Phi) is 6.12. The van der Waals surface area contributed by atoms with Gasteiger partial charge in [-0.3, -0.25) is 9.59 Å². The van der Waals surface area contributed by atoms with E-state index in [1.165, 1.54) is 25.1 Å². The van der Waals surface area contributed by atoms with Crippen molar-refractivity contribution in [3.05, 3.63) is 69.1 Å². The van der Waals surface area contributed by atoms with E-state index in [4.69, 9.17) is 0 Å². The second-order valence-corrected chi connectivity index (χ2v) is 7.35. The summed E-state index contributed by atoms with van der Waals surface area (Å²) in [5, 5.41) is 5.80. The number of hydrogen-bond acceptors (Lipinski definition) is 3. The molecule has 1 aliphatic heterocycles. The molecule has 1 unspecified atom stereocenters. The van der Waals surface area contributed by atoms with Crippen molar-refractivity contribution in [2.75, 3.05) is 13.1 Å². The molecule has 0 radical (unpaired) electrons. The Hall–Kier alpha value is -2.61. The molecule has 2 heterocycles. The third-order valence-electron chi connectivity index (χ3n) is 5.34. The van der Waals surface area contributed by atoms with Crippen LogP contribution in [-0.4, -0.2) is 23.6 Å². The molecule has 0 bridgehead atoms. The molecule has 156 valence electrons. The molecule has 8 heteroatoms. The van der Waals surface area contributed by atoms with Gasteiger partial charge in [-0.1, -0.05) is 18.2 Å². The normalized spacial score (nSPS) is 16.4. The molecular formula is C21H24F3N3O2. The molecule has 1 fully saturated rings. The van der Waals surface area contributed by atoms with Crippen molar-refractivity contribution in [3.63, 3.8) is 0 Å². The van der Waals surface area contributed by atoms with Crippen LogP contribution in [0.25, 0.3) is 0 Å². The minimum absolute atomic E-state index is 0.000668. The summed E-state index contributed by atoms with van der Waals surface area (Å²) in [4.78, 5) is 25.8. The highest BCUT2D eigenvalue weighted by Gasteiger charge is 2.34. The summed E-state index contributed by atoms with van der Waals surface area (Å²) < 4.78 is 41.4. The number of halogens is 3. The number of carbonyl (C=O) groups excluding carboxylic acids is 1. The second kappa shape index (κ2) is 8.41. The topological polar surface area (TPSA) is 63.1 Å². The Bertz CT molecular complexity index is 947. The van der Waals surface area contributed by atoms with Crippen molar-refractivity contribution in [2.45, 2.75) is 44.9 Å². The van der Waals surface area contributed by atoms with Crippen LogP contribution >= 0.6 is 0 Å². The zero-order valence-electron chi connectivity index (χ0n) is 16.3. The van der Waals surface area contributed by atoms with Crippen molar-refractivity contribution < 1.29 is 18.0 Å². The van der Waals surface area contributed by atoms with Gasteiger partial charge >= 0.3 is 6.18 Å². The maximum absolute atomic E-state index is 13.3. The number of rotatable bonds is 4. The number of nitrogens with one attached hydrogen (secondary N) is 2. The first-order valence-corrected chi connectivity index (χ1v) is 9.59. The van der Waals surface area contributed by atoms with Crippen LogP contribution in [0.1, 0.15) is 58.9 Å². The molecule has 0 aliphatic carbocycles. The maximum Gasteiger partial charge on any atom is 0.416 e. The van der Waals surface area contributed by atoms with Crippen LogP contribution in [-0.2, 0) is 6.18 Å². The lowest BCUT2D eigenvalue weighted by Gasteiger charge is -2.25. The first-order chi connectivity index (χ1) is 13.7. The quantitative estimate of drug-likeness (QED) is 0.814. The van der Waals surface area contributed by atoms with E-state index in [1.54, 1.807) is 23.8 Å². The highest BCUT2D eigenvalue weighted by Crippen LogP contribution is 2.34. The van der Waals surface area contributed by atoms with Crippen molar-refractivity contribution >= 4 is 5.91 Å². The molecule has 1 aliphatic rings. The Morgan fingerprint density at radius 2 is 1.86 bits per heavy atom. The summed E-state index contributed by atoms with van der Waals surface area (Å²) in [7, 11) is 0. The van der Waals surface area contributed by atoms with Crippen molar-refractivity contribution in [3.8, 4) is 0 Å². The van der Waals surface area contributed by atoms with E-state index in [0.29, 0.717) is 5.56 Å². The summed E-state index contributed by atoms with van der Waals surface area (Å²) >= 11 is 0. The van der Waals surface area contributed by atoms with E-state index < -0.39 is 29.2 Å². The summed E-state index contributed by atoms with van der Waals surface area (Å²) in [6, 6.07) is 5.90. The van der Waals surface area contributed by atoms with Gasteiger partial charge < -0.3 is 15.2 Å². The SMILES string of the molecule is Cc1ccn(C2CCNCC2)c(=O)c1C(=O)NC(C)c1ccccc1C(F)(F)F. The molecule has 5 nitrogen and oxygen atoms in total. The lowest BCUT2D eigenvalue weighted by molar-refractivity contribution is -0.138. The predicted octanol–water partition coefficient (Wildman–Crippen LogP) is 3.59. The number of aromatic nitrogens is 1. The van der Waals surface area contributed by atoms with Crippen molar-refractivity contribution in [2.24, 2.45) is 0 Å². The molecule has 0 saturated carbocycles. The molecule has 0 spiro atoms. The summed E-state index contributed by atoms with van der Waals surface area (Å²) in [5.41, 5.74) is -0.785. The standard InChI is InChI=1S/C21H24F3N3O2/c1-13-9-12-27(15-7-10-25-11-8-15)20(29)18(13)19(28)26-14(2)16-5-3-4-6-17(16)21(22,23)24/h3-6,9,12,14-15,25H,7-8,10-11H2,1-2H3,(H,26,28). The van der Waals surface area contributed by atoms with Gasteiger partial charge in [0.25, 0.3) is 11.5 Å². The molecule has 1 aromatic heterocycles. The van der Waals surface area contributed by atoms with Gasteiger partial charge in [0.15, 0.2) is 0 Å². The van der Waals surface area contributed by atoms with Gasteiger partial charge in [0.2, 0.25) is 0 Å². The van der Waals surface area contributed by atoms with Gasteiger partial charge in [0.1, 0.15) is 5.56 Å². The third-order valence-corrected chi connectivity index (χ3v) is 5.34. The van der Waals surface area contributed by atoms with E-state index in [0.717, 1.165) is 32.0 Å². The van der Waals surface area contributed by atoms with E-state index in [1.807, 2.05) is 0 Å². The average Bonchev–Trinajstić information content (AvgIpc) is 2.68. The molecule has 2 N–H and O–H groups in total. The molecule has 2 aromatic rings. The number of carbonyl (C=O) groups is 1. The minimum Gasteiger partial charge on any atom is -0.345 e. The molecule has 29 heavy (non-hydrogen) atoms. The van der Waals surface area contributed by atoms with Gasteiger partial charge in [-0.25, -0.2) is 0 Å². The number of nitrogens with zero attached hydrogens (tertiary/aromatic N) is 1. The number of piperidine rings is 1. The van der Waals surface area contributed by atoms with Crippen LogP contribution < -0.4 is 16.2 Å². The van der Waals surface area contributed by atoms with Crippen LogP contribution in [0.15, 0.2) is 41.3 Å². The number of benzene rings is 1. The van der Waals surface area contributed by atoms with Gasteiger partial charge in [-0.15, -0.1) is 0 Å². The monoisotopic (exact) mass is 407 g/mol. The van der Waals surface area contributed by atoms with Gasteiger partial charge in [0, 0.05) is 12.2 Å². The van der Waals surface area contributed by atoms with Gasteiger partial charge in [-0.2, -0.15) is 13.2 Å². The van der Waals surface area contributed by atoms with E-state index in [-0.39, 0.29) is 17.2 Å². The van der Waals surface area contributed by atoms with E-state index in [9.17, 15) is 22.8 Å². The van der Waals surface area contributed by atoms with Crippen LogP contribution in [0.4, 0.5) is 13.2 Å². The first kappa shape index (κ1) is 21.1. The smallest absolute Gasteiger partial charge is 0.345 e. The Morgan fingerprint density at radius 1 is 1.21 bits per heavy atom. The molecule has 1 amide bonds. The highest BCUT2D eigenvalue weighted by atomic mass is 19.4. The van der Waals surface area contributed by atoms with Crippen molar-refractivity contribution in [1.29, 1.82) is 0 Å². The number of pyridine rings is 1. The summed E-state index contributed by atoms with van der Waals surface area (Å²) in [6.45, 7) is 4.71. The fraction of sp³-hybridized carbons (Fsp3) is 0.429. The molecule has 1 aromatic carbocycles. The Morgan fingerprint density at radius 3 is 2.52 bits per heavy atom. The second-order valence-electron chi connectivity index (χ2n) is 7.35. The van der Waals surface area contributed by atoms with Crippen LogP contribution in [0.5, 0.6) is 0 Å². The van der Waals surface area contributed by atoms with Crippen LogP contribution in [0, 0.1) is 6.92 Å². The molecule has 3 rings (SSSR count). The Balaban J connectivity index is 1.89. The zero-order chi connectivity index (χ0) is 21.2. The third kappa shape index (κ3) is 4.53. The average molecular weight is 407 g/mol. The molecular weight excluding hydrogens is 383 g/mol. The van der Waals surface area contributed by atoms with Gasteiger partial charge in [0.05, 0.1) is 11.6 Å². The summed E-state index contributed by atoms with van der Waals surface area (Å²) in [5.74, 6) is -0.666. The highest BCUT2D eigenvalue weighted by molar-refractivity contribution is 5.95. The lowest BCUT2D eigenvalue weighted by atomic mass is 10.00. The largest absolute Gasteiger partial charge is 0.416 e. The number of alkyl halides is 3. The molecule has 1 atom stereocenters. The number of aryl methyl sites for hydroxylation is 1. The van der Waals surface area contributed by atoms with E-state index in [2.05, 4.69) is 10.6 Å². The predicted molar refractivity (Wildman–Crippen MR) is 104 cm³/mol. The Labute approximate surface area is 166 Å².